The summed E-state index contributed by atoms with van der Waals surface area (Å²) in [5.41, 5.74) is 0.459. The highest BCUT2D eigenvalue weighted by atomic mass is 16.5. The Morgan fingerprint density at radius 1 is 1.35 bits per heavy atom. The van der Waals surface area contributed by atoms with Crippen LogP contribution < -0.4 is 10.1 Å². The molecule has 1 aromatic carbocycles. The molecule has 0 fully saturated rings. The number of hydrogen-bond acceptors (Lipinski definition) is 3. The van der Waals surface area contributed by atoms with Gasteiger partial charge in [0.15, 0.2) is 0 Å². The van der Waals surface area contributed by atoms with E-state index in [1.807, 2.05) is 0 Å². The summed E-state index contributed by atoms with van der Waals surface area (Å²) in [5.74, 6) is -1.24. The summed E-state index contributed by atoms with van der Waals surface area (Å²) < 4.78 is 5.31. The molecule has 0 aliphatic rings. The van der Waals surface area contributed by atoms with E-state index in [-0.39, 0.29) is 5.91 Å². The van der Waals surface area contributed by atoms with Crippen molar-refractivity contribution in [3.05, 3.63) is 42.5 Å². The van der Waals surface area contributed by atoms with E-state index in [2.05, 4.69) is 11.9 Å². The summed E-state index contributed by atoms with van der Waals surface area (Å²) in [4.78, 5) is 22.8. The molecule has 0 aliphatic carbocycles. The third-order valence-electron chi connectivity index (χ3n) is 2.98. The number of hydrogen-bond donors (Lipinski definition) is 2. The SMILES string of the molecule is C=CCOc1ccc(C(=O)NC(C)C(C)C(=O)O)cc1. The number of carbonyl (C=O) groups is 2. The summed E-state index contributed by atoms with van der Waals surface area (Å²) in [6, 6.07) is 6.18. The average molecular weight is 277 g/mol. The minimum absolute atomic E-state index is 0.305. The first-order valence-electron chi connectivity index (χ1n) is 6.33. The van der Waals surface area contributed by atoms with Crippen LogP contribution in [0.25, 0.3) is 0 Å². The van der Waals surface area contributed by atoms with Crippen LogP contribution in [0, 0.1) is 5.92 Å². The Kier molecular flexibility index (Phi) is 5.77. The zero-order valence-electron chi connectivity index (χ0n) is 11.6. The van der Waals surface area contributed by atoms with Gasteiger partial charge in [-0.1, -0.05) is 12.7 Å². The molecule has 2 atom stereocenters. The standard InChI is InChI=1S/C15H19NO4/c1-4-9-20-13-7-5-12(6-8-13)14(17)16-11(3)10(2)15(18)19/h4-8,10-11H,1,9H2,2-3H3,(H,16,17)(H,18,19). The molecule has 0 saturated heterocycles. The molecule has 0 saturated carbocycles. The minimum atomic E-state index is -0.939. The number of benzene rings is 1. The number of rotatable bonds is 7. The molecule has 0 aliphatic heterocycles. The highest BCUT2D eigenvalue weighted by Crippen LogP contribution is 2.13. The topological polar surface area (TPSA) is 75.6 Å². The van der Waals surface area contributed by atoms with Crippen molar-refractivity contribution < 1.29 is 19.4 Å². The lowest BCUT2D eigenvalue weighted by atomic mass is 10.0. The fourth-order valence-electron chi connectivity index (χ4n) is 1.49. The smallest absolute Gasteiger partial charge is 0.308 e. The Bertz CT molecular complexity index is 481. The zero-order valence-corrected chi connectivity index (χ0v) is 11.6. The van der Waals surface area contributed by atoms with Gasteiger partial charge in [0.25, 0.3) is 5.91 Å². The molecule has 0 bridgehead atoms. The van der Waals surface area contributed by atoms with Gasteiger partial charge in [-0.15, -0.1) is 0 Å². The van der Waals surface area contributed by atoms with E-state index in [1.165, 1.54) is 0 Å². The maximum Gasteiger partial charge on any atom is 0.308 e. The quantitative estimate of drug-likeness (QED) is 0.748. The lowest BCUT2D eigenvalue weighted by Crippen LogP contribution is -2.40. The number of amides is 1. The first-order valence-corrected chi connectivity index (χ1v) is 6.33. The molecule has 5 nitrogen and oxygen atoms in total. The van der Waals surface area contributed by atoms with Gasteiger partial charge in [-0.2, -0.15) is 0 Å². The number of nitrogens with one attached hydrogen (secondary N) is 1. The van der Waals surface area contributed by atoms with Crippen LogP contribution in [0.5, 0.6) is 5.75 Å². The molecule has 0 aromatic heterocycles. The Morgan fingerprint density at radius 2 is 1.95 bits per heavy atom. The van der Waals surface area contributed by atoms with E-state index in [9.17, 15) is 9.59 Å². The maximum atomic E-state index is 11.9. The Labute approximate surface area is 118 Å². The number of ether oxygens (including phenoxy) is 1. The summed E-state index contributed by atoms with van der Waals surface area (Å²) in [5, 5.41) is 11.5. The summed E-state index contributed by atoms with van der Waals surface area (Å²) >= 11 is 0. The van der Waals surface area contributed by atoms with Crippen LogP contribution in [0.1, 0.15) is 24.2 Å². The molecular formula is C15H19NO4. The van der Waals surface area contributed by atoms with Crippen molar-refractivity contribution >= 4 is 11.9 Å². The fourth-order valence-corrected chi connectivity index (χ4v) is 1.49. The van der Waals surface area contributed by atoms with Gasteiger partial charge in [0.2, 0.25) is 0 Å². The average Bonchev–Trinajstić information content (AvgIpc) is 2.44. The van der Waals surface area contributed by atoms with Crippen LogP contribution in [-0.4, -0.2) is 29.6 Å². The second kappa shape index (κ2) is 7.33. The Morgan fingerprint density at radius 3 is 2.45 bits per heavy atom. The van der Waals surface area contributed by atoms with Crippen molar-refractivity contribution in [3.8, 4) is 5.75 Å². The molecule has 20 heavy (non-hydrogen) atoms. The van der Waals surface area contributed by atoms with Crippen molar-refractivity contribution in [2.75, 3.05) is 6.61 Å². The number of carboxylic acids is 1. The first kappa shape index (κ1) is 15.8. The van der Waals surface area contributed by atoms with Crippen LogP contribution in [0.4, 0.5) is 0 Å². The lowest BCUT2D eigenvalue weighted by molar-refractivity contribution is -0.141. The predicted molar refractivity (Wildman–Crippen MR) is 75.9 cm³/mol. The second-order valence-corrected chi connectivity index (χ2v) is 4.51. The van der Waals surface area contributed by atoms with Gasteiger partial charge in [-0.25, -0.2) is 0 Å². The van der Waals surface area contributed by atoms with Gasteiger partial charge in [0.1, 0.15) is 12.4 Å². The number of carbonyl (C=O) groups excluding carboxylic acids is 1. The van der Waals surface area contributed by atoms with Gasteiger partial charge in [-0.3, -0.25) is 9.59 Å². The lowest BCUT2D eigenvalue weighted by Gasteiger charge is -2.17. The van der Waals surface area contributed by atoms with Crippen LogP contribution in [0.15, 0.2) is 36.9 Å². The Balaban J connectivity index is 2.63. The van der Waals surface area contributed by atoms with Gasteiger partial charge >= 0.3 is 5.97 Å². The largest absolute Gasteiger partial charge is 0.490 e. The van der Waals surface area contributed by atoms with E-state index in [0.29, 0.717) is 17.9 Å². The summed E-state index contributed by atoms with van der Waals surface area (Å²) in [6.45, 7) is 7.17. The molecular weight excluding hydrogens is 258 g/mol. The fraction of sp³-hybridized carbons (Fsp3) is 0.333. The zero-order chi connectivity index (χ0) is 15.1. The minimum Gasteiger partial charge on any atom is -0.490 e. The second-order valence-electron chi connectivity index (χ2n) is 4.51. The Hall–Kier alpha value is -2.30. The molecule has 0 radical (unpaired) electrons. The van der Waals surface area contributed by atoms with Crippen molar-refractivity contribution in [2.45, 2.75) is 19.9 Å². The molecule has 1 aromatic rings. The van der Waals surface area contributed by atoms with E-state index < -0.39 is 17.9 Å². The van der Waals surface area contributed by atoms with Crippen LogP contribution >= 0.6 is 0 Å². The number of aliphatic carboxylic acids is 1. The van der Waals surface area contributed by atoms with E-state index in [1.54, 1.807) is 44.2 Å². The van der Waals surface area contributed by atoms with Crippen molar-refractivity contribution in [3.63, 3.8) is 0 Å². The maximum absolute atomic E-state index is 11.9. The predicted octanol–water partition coefficient (Wildman–Crippen LogP) is 2.09. The highest BCUT2D eigenvalue weighted by Gasteiger charge is 2.21. The van der Waals surface area contributed by atoms with Crippen LogP contribution in [0.3, 0.4) is 0 Å². The molecule has 0 heterocycles. The third-order valence-corrected chi connectivity index (χ3v) is 2.98. The van der Waals surface area contributed by atoms with Gasteiger partial charge in [0.05, 0.1) is 5.92 Å². The summed E-state index contributed by atoms with van der Waals surface area (Å²) in [7, 11) is 0. The van der Waals surface area contributed by atoms with Crippen molar-refractivity contribution in [2.24, 2.45) is 5.92 Å². The van der Waals surface area contributed by atoms with Crippen molar-refractivity contribution in [1.29, 1.82) is 0 Å². The molecule has 2 unspecified atom stereocenters. The van der Waals surface area contributed by atoms with E-state index >= 15 is 0 Å². The van der Waals surface area contributed by atoms with E-state index in [0.717, 1.165) is 0 Å². The van der Waals surface area contributed by atoms with Gasteiger partial charge in [-0.05, 0) is 38.1 Å². The molecule has 0 spiro atoms. The molecule has 1 rings (SSSR count). The monoisotopic (exact) mass is 277 g/mol. The third kappa shape index (κ3) is 4.42. The van der Waals surface area contributed by atoms with E-state index in [4.69, 9.17) is 9.84 Å². The number of carboxylic acid groups (broad SMARTS) is 1. The first-order chi connectivity index (χ1) is 9.45. The highest BCUT2D eigenvalue weighted by molar-refractivity contribution is 5.94. The summed E-state index contributed by atoms with van der Waals surface area (Å²) in [6.07, 6.45) is 1.63. The van der Waals surface area contributed by atoms with Gasteiger partial charge < -0.3 is 15.2 Å². The molecule has 1 amide bonds. The molecule has 108 valence electrons. The molecule has 2 N–H and O–H groups in total. The van der Waals surface area contributed by atoms with Crippen LogP contribution in [-0.2, 0) is 4.79 Å². The normalized spacial score (nSPS) is 13.1. The molecule has 5 heteroatoms. The van der Waals surface area contributed by atoms with Crippen molar-refractivity contribution in [1.82, 2.24) is 5.32 Å². The van der Waals surface area contributed by atoms with Gasteiger partial charge in [0, 0.05) is 11.6 Å². The van der Waals surface area contributed by atoms with Crippen LogP contribution in [0.2, 0.25) is 0 Å².